The predicted octanol–water partition coefficient (Wildman–Crippen LogP) is 4.33. The molecule has 2 nitrogen and oxygen atoms in total. The highest BCUT2D eigenvalue weighted by Gasteiger charge is 2.77. The van der Waals surface area contributed by atoms with Crippen molar-refractivity contribution in [1.29, 1.82) is 0 Å². The smallest absolute Gasteiger partial charge is 0.460 e. The fourth-order valence-electron chi connectivity index (χ4n) is 0.981. The minimum absolute atomic E-state index is 3.82. The molecule has 1 N–H and O–H groups in total. The van der Waals surface area contributed by atoms with Gasteiger partial charge < -0.3 is 5.11 Å². The van der Waals surface area contributed by atoms with E-state index in [4.69, 9.17) is 5.11 Å². The van der Waals surface area contributed by atoms with Crippen LogP contribution < -0.4 is 0 Å². The van der Waals surface area contributed by atoms with Crippen LogP contribution in [0.3, 0.4) is 0 Å². The van der Waals surface area contributed by atoms with Crippen LogP contribution in [0.25, 0.3) is 0 Å². The summed E-state index contributed by atoms with van der Waals surface area (Å²) in [5.41, 5.74) is -4.29. The van der Waals surface area contributed by atoms with Crippen LogP contribution in [0.15, 0.2) is 11.4 Å². The molecular formula is C8HF13O2. The molecule has 0 aliphatic rings. The first kappa shape index (κ1) is 21.3. The lowest BCUT2D eigenvalue weighted by atomic mass is 10.0. The summed E-state index contributed by atoms with van der Waals surface area (Å²) >= 11 is 0. The molecule has 0 atom stereocenters. The molecule has 0 radical (unpaired) electrons. The SMILES string of the molecule is O=C(O)C(=C(F)C(F)(F)C(F)(F)C(F)(F)F)C(F)(F)C(F)(F)F. The molecule has 0 aliphatic heterocycles. The molecule has 15 heteroatoms. The van der Waals surface area contributed by atoms with Crippen LogP contribution >= 0.6 is 0 Å². The van der Waals surface area contributed by atoms with Gasteiger partial charge in [0.15, 0.2) is 11.4 Å². The summed E-state index contributed by atoms with van der Waals surface area (Å²) in [6.07, 6.45) is -14.4. The van der Waals surface area contributed by atoms with Crippen molar-refractivity contribution in [3.8, 4) is 0 Å². The predicted molar refractivity (Wildman–Crippen MR) is 42.7 cm³/mol. The van der Waals surface area contributed by atoms with Gasteiger partial charge in [0.05, 0.1) is 0 Å². The summed E-state index contributed by atoms with van der Waals surface area (Å²) in [5, 5.41) is 7.94. The molecular weight excluding hydrogens is 375 g/mol. The fourth-order valence-corrected chi connectivity index (χ4v) is 0.981. The average Bonchev–Trinajstić information content (AvgIpc) is 2.24. The molecule has 0 saturated carbocycles. The molecule has 136 valence electrons. The van der Waals surface area contributed by atoms with Crippen molar-refractivity contribution in [1.82, 2.24) is 0 Å². The molecule has 0 aromatic carbocycles. The van der Waals surface area contributed by atoms with Gasteiger partial charge in [-0.05, 0) is 0 Å². The van der Waals surface area contributed by atoms with Crippen LogP contribution in [0.2, 0.25) is 0 Å². The van der Waals surface area contributed by atoms with Crippen LogP contribution in [-0.2, 0) is 4.79 Å². The maximum Gasteiger partial charge on any atom is 0.460 e. The van der Waals surface area contributed by atoms with Gasteiger partial charge in [-0.1, -0.05) is 0 Å². The van der Waals surface area contributed by atoms with Crippen molar-refractivity contribution < 1.29 is 67.0 Å². The van der Waals surface area contributed by atoms with Crippen molar-refractivity contribution in [2.24, 2.45) is 0 Å². The summed E-state index contributed by atoms with van der Waals surface area (Å²) < 4.78 is 159. The Balaban J connectivity index is 6.62. The first-order chi connectivity index (χ1) is 9.73. The van der Waals surface area contributed by atoms with E-state index in [1.54, 1.807) is 0 Å². The van der Waals surface area contributed by atoms with Crippen LogP contribution in [0.1, 0.15) is 0 Å². The van der Waals surface area contributed by atoms with Crippen molar-refractivity contribution >= 4 is 5.97 Å². The molecule has 23 heavy (non-hydrogen) atoms. The van der Waals surface area contributed by atoms with Crippen LogP contribution in [0, 0.1) is 0 Å². The van der Waals surface area contributed by atoms with E-state index in [0.717, 1.165) is 0 Å². The van der Waals surface area contributed by atoms with E-state index in [0.29, 0.717) is 0 Å². The number of hydrogen-bond acceptors (Lipinski definition) is 1. The van der Waals surface area contributed by atoms with Crippen molar-refractivity contribution in [2.45, 2.75) is 30.1 Å². The standard InChI is InChI=1S/C8HF13O2/c9-2(5(12,13)6(14,15)8(19,20)21)1(3(22)23)4(10,11)7(16,17)18/h(H,22,23). The lowest BCUT2D eigenvalue weighted by Crippen LogP contribution is -2.54. The van der Waals surface area contributed by atoms with Crippen LogP contribution in [0.5, 0.6) is 0 Å². The van der Waals surface area contributed by atoms with E-state index in [9.17, 15) is 61.9 Å². The Hall–Kier alpha value is -1.70. The second-order valence-electron chi connectivity index (χ2n) is 3.71. The Labute approximate surface area is 116 Å². The van der Waals surface area contributed by atoms with Crippen molar-refractivity contribution in [2.75, 3.05) is 0 Å². The zero-order valence-electron chi connectivity index (χ0n) is 9.77. The molecule has 0 saturated heterocycles. The third-order valence-corrected chi connectivity index (χ3v) is 2.13. The van der Waals surface area contributed by atoms with Gasteiger partial charge in [-0.3, -0.25) is 0 Å². The van der Waals surface area contributed by atoms with Gasteiger partial charge in [-0.2, -0.15) is 52.7 Å². The third kappa shape index (κ3) is 3.31. The topological polar surface area (TPSA) is 37.3 Å². The number of halogens is 13. The van der Waals surface area contributed by atoms with Gasteiger partial charge >= 0.3 is 36.1 Å². The molecule has 0 heterocycles. The first-order valence-corrected chi connectivity index (χ1v) is 4.63. The molecule has 0 amide bonds. The summed E-state index contributed by atoms with van der Waals surface area (Å²) in [4.78, 5) is 10.1. The molecule has 0 aliphatic carbocycles. The van der Waals surface area contributed by atoms with Gasteiger partial charge in [-0.15, -0.1) is 0 Å². The minimum atomic E-state index is -7.47. The molecule has 0 aromatic rings. The van der Waals surface area contributed by atoms with E-state index in [1.165, 1.54) is 0 Å². The highest BCUT2D eigenvalue weighted by Crippen LogP contribution is 2.53. The Morgan fingerprint density at radius 3 is 1.22 bits per heavy atom. The number of carboxylic acid groups (broad SMARTS) is 1. The van der Waals surface area contributed by atoms with Gasteiger partial charge in [0.25, 0.3) is 0 Å². The van der Waals surface area contributed by atoms with E-state index >= 15 is 0 Å². The Morgan fingerprint density at radius 1 is 0.652 bits per heavy atom. The summed E-state index contributed by atoms with van der Waals surface area (Å²) in [5.74, 6) is -30.4. The number of carbonyl (C=O) groups is 1. The number of alkyl halides is 12. The van der Waals surface area contributed by atoms with Gasteiger partial charge in [0, 0.05) is 0 Å². The van der Waals surface area contributed by atoms with Gasteiger partial charge in [-0.25, -0.2) is 9.18 Å². The second kappa shape index (κ2) is 5.43. The minimum Gasteiger partial charge on any atom is -0.478 e. The van der Waals surface area contributed by atoms with Gasteiger partial charge in [0.1, 0.15) is 0 Å². The summed E-state index contributed by atoms with van der Waals surface area (Å²) in [7, 11) is 0. The average molecular weight is 376 g/mol. The van der Waals surface area contributed by atoms with E-state index in [1.807, 2.05) is 0 Å². The quantitative estimate of drug-likeness (QED) is 0.586. The number of allylic oxidation sites excluding steroid dienone is 1. The van der Waals surface area contributed by atoms with Crippen molar-refractivity contribution in [3.63, 3.8) is 0 Å². The van der Waals surface area contributed by atoms with Crippen LogP contribution in [0.4, 0.5) is 57.1 Å². The molecule has 0 spiro atoms. The fraction of sp³-hybridized carbons (Fsp3) is 0.625. The normalized spacial score (nSPS) is 16.2. The summed E-state index contributed by atoms with van der Waals surface area (Å²) in [6.45, 7) is 0. The maximum atomic E-state index is 12.9. The first-order valence-electron chi connectivity index (χ1n) is 4.63. The maximum absolute atomic E-state index is 12.9. The number of hydrogen-bond donors (Lipinski definition) is 1. The largest absolute Gasteiger partial charge is 0.478 e. The van der Waals surface area contributed by atoms with Gasteiger partial charge in [0.2, 0.25) is 0 Å². The molecule has 0 fully saturated rings. The number of aliphatic carboxylic acids is 1. The van der Waals surface area contributed by atoms with Crippen LogP contribution in [-0.4, -0.2) is 41.2 Å². The third-order valence-electron chi connectivity index (χ3n) is 2.13. The van der Waals surface area contributed by atoms with E-state index in [2.05, 4.69) is 0 Å². The molecule has 0 aromatic heterocycles. The molecule has 0 rings (SSSR count). The van der Waals surface area contributed by atoms with Crippen molar-refractivity contribution in [3.05, 3.63) is 11.4 Å². The molecule has 0 bridgehead atoms. The summed E-state index contributed by atoms with van der Waals surface area (Å²) in [6, 6.07) is 0. The Bertz CT molecular complexity index is 509. The highest BCUT2D eigenvalue weighted by atomic mass is 19.4. The number of carboxylic acids is 1. The zero-order chi connectivity index (χ0) is 19.2. The lowest BCUT2D eigenvalue weighted by molar-refractivity contribution is -0.348. The highest BCUT2D eigenvalue weighted by molar-refractivity contribution is 5.89. The van der Waals surface area contributed by atoms with E-state index in [-0.39, 0.29) is 0 Å². The molecule has 0 unspecified atom stereocenters. The van der Waals surface area contributed by atoms with E-state index < -0.39 is 47.5 Å². The zero-order valence-corrected chi connectivity index (χ0v) is 9.77. The number of rotatable bonds is 4. The Kier molecular flexibility index (Phi) is 5.03. The lowest BCUT2D eigenvalue weighted by Gasteiger charge is -2.29. The monoisotopic (exact) mass is 376 g/mol. The Morgan fingerprint density at radius 2 is 1.00 bits per heavy atom. The second-order valence-corrected chi connectivity index (χ2v) is 3.71.